The summed E-state index contributed by atoms with van der Waals surface area (Å²) in [7, 11) is -8.06. The number of piperazine rings is 1. The first-order chi connectivity index (χ1) is 42.6. The van der Waals surface area contributed by atoms with Crippen molar-refractivity contribution in [1.82, 2.24) is 15.1 Å². The summed E-state index contributed by atoms with van der Waals surface area (Å²) < 4.78 is 415. The molecule has 4 bridgehead atoms. The molecule has 3 aromatic carbocycles. The summed E-state index contributed by atoms with van der Waals surface area (Å²) >= 11 is -1.59. The monoisotopic (exact) mass is 804 g/mol. The highest BCUT2D eigenvalue weighted by Gasteiger charge is 2.61. The fraction of sp³-hybridized carbons (Fsp3) is 0.487. The molecule has 7 aliphatic heterocycles. The van der Waals surface area contributed by atoms with E-state index in [1.165, 1.54) is 0 Å². The van der Waals surface area contributed by atoms with E-state index in [1.807, 2.05) is 0 Å². The highest BCUT2D eigenvalue weighted by atomic mass is 32.2. The van der Waals surface area contributed by atoms with Gasteiger partial charge in [-0.3, -0.25) is 19.9 Å². The molecule has 2 fully saturated rings. The van der Waals surface area contributed by atoms with E-state index in [0.29, 0.717) is 0 Å². The third-order valence-corrected chi connectivity index (χ3v) is 9.54. The molecule has 0 unspecified atom stereocenters. The van der Waals surface area contributed by atoms with Crippen LogP contribution < -0.4 is 29.0 Å². The standard InChI is InChI=1S/C39H43N3O11S/c1-16-9-20-10-22-37(46)42-23-13-50-38(47)39(21-12-25(48-5)24(44)11-19(21)7-8-40-39)14-54-36(30(42)29(41(22)4)26(20)31(45)32(16)49-6)28-27(23)35-34(51-15-52-35)17(2)33(28)53-18(3)43/h9,11-12,22-23,29-30,36-37,40,44-46H,7-8,10,13-15H2,1-6H3/t22-,23-,29+,30+,36-,37-,39-/m0/s1/i1D3,2D3,3D3,4D3,5D3,6D3,7D2,8D2,9D,10D2,11D,13D2,14D2,15D2,22D,23D,29D,30D,36D,37D,46D/hD3. The fourth-order valence-electron chi connectivity index (χ4n) is 6.32. The number of aromatic hydroxyl groups is 2. The average Bonchev–Trinajstić information content (AvgIpc) is 0.663. The van der Waals surface area contributed by atoms with Gasteiger partial charge in [0.1, 0.15) is 22.7 Å². The van der Waals surface area contributed by atoms with Crippen molar-refractivity contribution in [2.24, 2.45) is 0 Å². The summed E-state index contributed by atoms with van der Waals surface area (Å²) in [5, 5.41) is 7.28. The first-order valence-electron chi connectivity index (χ1n) is 35.2. The van der Waals surface area contributed by atoms with Crippen LogP contribution in [-0.2, 0) is 32.6 Å². The quantitative estimate of drug-likeness (QED) is 0.211. The number of fused-ring (bicyclic) bond motifs is 9. The lowest BCUT2D eigenvalue weighted by atomic mass is 9.73. The molecular formula is C39H43N3O11S. The third kappa shape index (κ3) is 4.74. The number of rotatable bonds is 6. The Kier molecular flexibility index (Phi) is 2.75. The minimum Gasteiger partial charge on any atom is -0.504 e. The van der Waals surface area contributed by atoms with Gasteiger partial charge in [-0.2, -0.15) is 0 Å². The zero-order valence-electron chi connectivity index (χ0n) is 67.8. The number of benzene rings is 3. The lowest BCUT2D eigenvalue weighted by Gasteiger charge is -2.62. The number of carbonyl (C=O) groups excluding carboxylic acids is 2. The van der Waals surface area contributed by atoms with Crippen LogP contribution in [0.15, 0.2) is 18.2 Å². The van der Waals surface area contributed by atoms with Gasteiger partial charge in [0, 0.05) is 76.1 Å². The van der Waals surface area contributed by atoms with Gasteiger partial charge in [0.25, 0.3) is 2.86 Å². The van der Waals surface area contributed by atoms with Gasteiger partial charge in [-0.05, 0) is 67.8 Å². The van der Waals surface area contributed by atoms with Crippen LogP contribution in [0.25, 0.3) is 0 Å². The van der Waals surface area contributed by atoms with Gasteiger partial charge >= 0.3 is 11.9 Å². The van der Waals surface area contributed by atoms with E-state index < -0.39 is 257 Å². The summed E-state index contributed by atoms with van der Waals surface area (Å²) in [6.07, 6.45) is -14.6. The topological polar surface area (TPSA) is 169 Å². The highest BCUT2D eigenvalue weighted by Crippen LogP contribution is 2.64. The van der Waals surface area contributed by atoms with E-state index in [1.54, 1.807) is 0 Å². The second kappa shape index (κ2) is 12.6. The molecule has 0 radical (unpaired) electrons. The molecule has 0 aliphatic carbocycles. The first-order valence-corrected chi connectivity index (χ1v) is 15.3. The number of nitrogens with one attached hydrogen (secondary N) is 1. The van der Waals surface area contributed by atoms with Crippen molar-refractivity contribution >= 4 is 23.7 Å². The van der Waals surface area contributed by atoms with Crippen molar-refractivity contribution in [2.45, 2.75) is 74.3 Å². The molecule has 7 aliphatic rings. The predicted molar refractivity (Wildman–Crippen MR) is 195 cm³/mol. The molecule has 7 heterocycles. The van der Waals surface area contributed by atoms with Crippen LogP contribution in [0.2, 0.25) is 1.41 Å². The number of phenols is 2. The van der Waals surface area contributed by atoms with Crippen LogP contribution in [0, 0.1) is 13.7 Å². The van der Waals surface area contributed by atoms with Crippen molar-refractivity contribution in [3.63, 3.8) is 0 Å². The van der Waals surface area contributed by atoms with Crippen LogP contribution in [0.1, 0.15) is 121 Å². The minimum absolute atomic E-state index is 0.0973. The first kappa shape index (κ1) is 11.8. The Balaban J connectivity index is 1.73. The molecule has 15 heteroatoms. The number of esters is 2. The van der Waals surface area contributed by atoms with E-state index >= 15 is 4.79 Å². The number of thioether (sulfide) groups is 1. The zero-order chi connectivity index (χ0) is 74.0. The van der Waals surface area contributed by atoms with Crippen molar-refractivity contribution in [3.8, 4) is 40.2 Å². The fourth-order valence-corrected chi connectivity index (χ4v) is 7.39. The van der Waals surface area contributed by atoms with Gasteiger partial charge in [0.2, 0.25) is 8.18 Å². The highest BCUT2D eigenvalue weighted by molar-refractivity contribution is 7.99. The van der Waals surface area contributed by atoms with E-state index in [9.17, 15) is 26.8 Å². The molecule has 1 spiro atoms. The van der Waals surface area contributed by atoms with Crippen molar-refractivity contribution in [1.29, 1.82) is 4.29 Å². The van der Waals surface area contributed by atoms with E-state index in [2.05, 4.69) is 5.11 Å². The van der Waals surface area contributed by atoms with Crippen LogP contribution in [0.5, 0.6) is 40.2 Å². The van der Waals surface area contributed by atoms with Crippen LogP contribution >= 0.6 is 11.8 Å². The van der Waals surface area contributed by atoms with Gasteiger partial charge in [-0.1, -0.05) is 6.04 Å². The van der Waals surface area contributed by atoms with E-state index in [-0.39, 0.29) is 6.07 Å². The Morgan fingerprint density at radius 2 is 2.09 bits per heavy atom. The third-order valence-electron chi connectivity index (χ3n) is 8.54. The predicted octanol–water partition coefficient (Wildman–Crippen LogP) is 3.41. The summed E-state index contributed by atoms with van der Waals surface area (Å²) in [6.45, 7) is -32.2. The summed E-state index contributed by atoms with van der Waals surface area (Å²) in [6, 6.07) is -25.9. The number of ether oxygens (including phenoxy) is 6. The number of hydrogen-bond donors (Lipinski definition) is 4. The number of phenolic OH excluding ortho intramolecular Hbond substituents is 2. The largest absolute Gasteiger partial charge is 0.504 e. The molecule has 3 aromatic rings. The number of methoxy groups -OCH3 is 2. The molecule has 10 rings (SSSR count). The van der Waals surface area contributed by atoms with Crippen molar-refractivity contribution < 1.29 is 107 Å². The summed E-state index contributed by atoms with van der Waals surface area (Å²) in [5.41, 5.74) is -27.6. The Labute approximate surface area is 375 Å². The zero-order valence-corrected chi connectivity index (χ0v) is 26.6. The molecule has 0 saturated carbocycles. The Morgan fingerprint density at radius 1 is 1.17 bits per heavy atom. The van der Waals surface area contributed by atoms with Gasteiger partial charge in [-0.15, -0.1) is 11.8 Å². The molecule has 7 atom stereocenters. The maximum absolute atomic E-state index is 16.2. The van der Waals surface area contributed by atoms with Gasteiger partial charge in [0.15, 0.2) is 40.0 Å². The van der Waals surface area contributed by atoms with E-state index in [0.717, 1.165) is 0 Å². The number of likely N-dealkylation sites (N-methyl/N-ethyl adjacent to an activating group) is 1. The maximum atomic E-state index is 16.2. The van der Waals surface area contributed by atoms with Crippen molar-refractivity contribution in [3.05, 3.63) is 62.7 Å². The summed E-state index contributed by atoms with van der Waals surface area (Å²) in [5.74, 6) is -19.9. The second-order valence-corrected chi connectivity index (χ2v) is 12.0. The number of hydrogen-bond acceptors (Lipinski definition) is 15. The van der Waals surface area contributed by atoms with Crippen molar-refractivity contribution in [2.75, 3.05) is 46.6 Å². The maximum Gasteiger partial charge on any atom is 0.331 e. The molecule has 4 N–H and O–H groups in total. The molecule has 54 heavy (non-hydrogen) atoms. The Morgan fingerprint density at radius 3 is 2.89 bits per heavy atom. The average molecular weight is 804 g/mol. The van der Waals surface area contributed by atoms with Gasteiger partial charge < -0.3 is 43.7 Å². The second-order valence-electron chi connectivity index (χ2n) is 11.2. The smallest absolute Gasteiger partial charge is 0.331 e. The molecule has 286 valence electrons. The van der Waals surface area contributed by atoms with Gasteiger partial charge in [0.05, 0.1) is 57.9 Å². The number of aliphatic hydroxyl groups is 1. The molecule has 0 amide bonds. The van der Waals surface area contributed by atoms with Crippen LogP contribution in [0.4, 0.5) is 0 Å². The molecule has 2 saturated heterocycles. The Hall–Kier alpha value is -4.41. The minimum atomic E-state index is -5.67. The van der Waals surface area contributed by atoms with Crippen LogP contribution in [0.3, 0.4) is 0 Å². The lowest BCUT2D eigenvalue weighted by molar-refractivity contribution is -0.186. The van der Waals surface area contributed by atoms with Gasteiger partial charge in [-0.25, -0.2) is 4.79 Å². The molecule has 0 aromatic heterocycles. The Bertz CT molecular complexity index is 3860. The SMILES string of the molecule is [2H]Oc1c(OC([2H])([2H])[2H])cc2c(c1[2H])C([2H])([2H])C([2H])([2H])N([2H])[C@]21C(=O)OC([2H])([2H])[C@@]2([2H])c3c4c(c(C([2H])([2H])[2H])c(OC(=O)C([2H])([2H])[2H])c3[C@]([2H])(SC1([2H])[2H])[C@]1([2H])N2[C@@]([2H])(O[2H])[C@@]2([2H])N(C([2H])([2H])[2H])[C@]1([2H])c1c(O[2H])c(OC([2H])([2H])[2H])c(C([2H])([2H])[2H])c([2H])c1C2([2H])[2H])OC([2H])([2H])O4. The number of carbonyl (C=O) groups is 2. The van der Waals surface area contributed by atoms with Crippen LogP contribution in [-0.4, -0.2) is 106 Å². The summed E-state index contributed by atoms with van der Waals surface area (Å²) in [4.78, 5) is 28.1. The normalized spacial score (nSPS) is 56.2. The molecular weight excluding hydrogens is 719 g/mol. The number of nitrogens with zero attached hydrogens (tertiary/aromatic N) is 2. The van der Waals surface area contributed by atoms with E-state index in [4.69, 9.17) is 74.5 Å². The lowest BCUT2D eigenvalue weighted by Crippen LogP contribution is -2.70. The molecule has 14 nitrogen and oxygen atoms in total.